The highest BCUT2D eigenvalue weighted by Crippen LogP contribution is 2.21. The minimum Gasteiger partial charge on any atom is -0.376 e. The van der Waals surface area contributed by atoms with Crippen LogP contribution in [0.1, 0.15) is 39.2 Å². The van der Waals surface area contributed by atoms with Crippen molar-refractivity contribution >= 4 is 22.6 Å². The number of rotatable bonds is 9. The summed E-state index contributed by atoms with van der Waals surface area (Å²) in [6.45, 7) is 8.63. The fourth-order valence-corrected chi connectivity index (χ4v) is 2.91. The predicted molar refractivity (Wildman–Crippen MR) is 91.7 cm³/mol. The van der Waals surface area contributed by atoms with E-state index in [4.69, 9.17) is 4.74 Å². The summed E-state index contributed by atoms with van der Waals surface area (Å²) in [5.41, 5.74) is 1.27. The summed E-state index contributed by atoms with van der Waals surface area (Å²) in [4.78, 5) is 0. The van der Waals surface area contributed by atoms with Crippen molar-refractivity contribution in [2.45, 2.75) is 40.2 Å². The van der Waals surface area contributed by atoms with Crippen molar-refractivity contribution in [3.63, 3.8) is 0 Å². The molecule has 0 spiro atoms. The Kier molecular flexibility index (Phi) is 8.71. The van der Waals surface area contributed by atoms with Crippen LogP contribution in [0.4, 0.5) is 0 Å². The first kappa shape index (κ1) is 17.0. The molecule has 0 saturated carbocycles. The maximum atomic E-state index is 5.81. The van der Waals surface area contributed by atoms with Crippen LogP contribution < -0.4 is 0 Å². The Hall–Kier alpha value is -0.0900. The predicted octanol–water partition coefficient (Wildman–Crippen LogP) is 5.33. The van der Waals surface area contributed by atoms with E-state index in [-0.39, 0.29) is 0 Å². The van der Waals surface area contributed by atoms with Crippen LogP contribution in [-0.4, -0.2) is 11.0 Å². The lowest BCUT2D eigenvalue weighted by atomic mass is 9.91. The quantitative estimate of drug-likeness (QED) is 0.420. The van der Waals surface area contributed by atoms with Crippen LogP contribution in [0.5, 0.6) is 0 Å². The summed E-state index contributed by atoms with van der Waals surface area (Å²) in [6.07, 6.45) is 2.61. The first-order valence-electron chi connectivity index (χ1n) is 7.29. The van der Waals surface area contributed by atoms with Gasteiger partial charge in [0.1, 0.15) is 0 Å². The number of hydrogen-bond donors (Lipinski definition) is 0. The molecule has 2 heteroatoms. The van der Waals surface area contributed by atoms with Gasteiger partial charge in [-0.25, -0.2) is 0 Å². The van der Waals surface area contributed by atoms with Crippen molar-refractivity contribution < 1.29 is 4.74 Å². The van der Waals surface area contributed by atoms with Crippen LogP contribution in [0.3, 0.4) is 0 Å². The summed E-state index contributed by atoms with van der Waals surface area (Å²) >= 11 is 2.48. The Balaban J connectivity index is 2.15. The molecule has 0 radical (unpaired) electrons. The van der Waals surface area contributed by atoms with Gasteiger partial charge in [-0.15, -0.1) is 0 Å². The van der Waals surface area contributed by atoms with E-state index >= 15 is 0 Å². The highest BCUT2D eigenvalue weighted by Gasteiger charge is 2.12. The summed E-state index contributed by atoms with van der Waals surface area (Å²) in [6, 6.07) is 10.4. The molecule has 0 aliphatic carbocycles. The third-order valence-electron chi connectivity index (χ3n) is 3.39. The molecule has 1 nitrogen and oxygen atoms in total. The average molecular weight is 374 g/mol. The van der Waals surface area contributed by atoms with Gasteiger partial charge in [0.2, 0.25) is 0 Å². The molecule has 108 valence electrons. The second kappa shape index (κ2) is 9.76. The maximum Gasteiger partial charge on any atom is 0.0717 e. The first-order valence-corrected chi connectivity index (χ1v) is 8.82. The zero-order valence-electron chi connectivity index (χ0n) is 12.4. The van der Waals surface area contributed by atoms with Gasteiger partial charge in [0.15, 0.2) is 0 Å². The molecule has 0 unspecified atom stereocenters. The summed E-state index contributed by atoms with van der Waals surface area (Å²) in [5, 5.41) is 0. The van der Waals surface area contributed by atoms with Gasteiger partial charge in [0.05, 0.1) is 6.61 Å². The molecular weight excluding hydrogens is 347 g/mol. The molecule has 3 atom stereocenters. The van der Waals surface area contributed by atoms with Crippen molar-refractivity contribution in [2.75, 3.05) is 11.0 Å². The summed E-state index contributed by atoms with van der Waals surface area (Å²) in [7, 11) is 0. The topological polar surface area (TPSA) is 9.23 Å². The van der Waals surface area contributed by atoms with E-state index in [1.54, 1.807) is 0 Å². The van der Waals surface area contributed by atoms with Gasteiger partial charge in [-0.2, -0.15) is 0 Å². The van der Waals surface area contributed by atoms with Gasteiger partial charge in [-0.3, -0.25) is 0 Å². The number of alkyl halides is 1. The SMILES string of the molecule is C[C@H](C[C@H](C)COCc1ccccc1)C[C@@H](C)CI. The molecule has 0 N–H and O–H groups in total. The molecule has 0 fully saturated rings. The monoisotopic (exact) mass is 374 g/mol. The van der Waals surface area contributed by atoms with Crippen LogP contribution in [0.15, 0.2) is 30.3 Å². The molecule has 0 aliphatic rings. The fourth-order valence-electron chi connectivity index (χ4n) is 2.55. The smallest absolute Gasteiger partial charge is 0.0717 e. The molecule has 0 amide bonds. The molecule has 1 rings (SSSR count). The summed E-state index contributed by atoms with van der Waals surface area (Å²) in [5.74, 6) is 2.30. The van der Waals surface area contributed by atoms with Crippen molar-refractivity contribution in [2.24, 2.45) is 17.8 Å². The molecule has 1 aromatic rings. The normalized spacial score (nSPS) is 16.0. The Bertz CT molecular complexity index is 325. The largest absolute Gasteiger partial charge is 0.376 e. The molecule has 0 bridgehead atoms. The molecule has 19 heavy (non-hydrogen) atoms. The lowest BCUT2D eigenvalue weighted by Crippen LogP contribution is -2.12. The van der Waals surface area contributed by atoms with Crippen LogP contribution in [0.2, 0.25) is 0 Å². The average Bonchev–Trinajstić information content (AvgIpc) is 2.39. The van der Waals surface area contributed by atoms with Crippen molar-refractivity contribution in [1.82, 2.24) is 0 Å². The van der Waals surface area contributed by atoms with Crippen LogP contribution in [-0.2, 0) is 11.3 Å². The molecular formula is C17H27IO. The van der Waals surface area contributed by atoms with E-state index in [1.807, 2.05) is 6.07 Å². The minimum atomic E-state index is 0.653. The second-order valence-electron chi connectivity index (χ2n) is 5.94. The Morgan fingerprint density at radius 1 is 0.947 bits per heavy atom. The number of halogens is 1. The fraction of sp³-hybridized carbons (Fsp3) is 0.647. The molecule has 0 saturated heterocycles. The van der Waals surface area contributed by atoms with E-state index in [0.717, 1.165) is 25.0 Å². The molecule has 0 aliphatic heterocycles. The van der Waals surface area contributed by atoms with Gasteiger partial charge in [-0.1, -0.05) is 73.7 Å². The van der Waals surface area contributed by atoms with E-state index in [1.165, 1.54) is 22.8 Å². The number of ether oxygens (including phenoxy) is 1. The number of benzene rings is 1. The van der Waals surface area contributed by atoms with Gasteiger partial charge < -0.3 is 4.74 Å². The number of hydrogen-bond acceptors (Lipinski definition) is 1. The highest BCUT2D eigenvalue weighted by atomic mass is 127. The Labute approximate surface area is 132 Å². The third-order valence-corrected chi connectivity index (χ3v) is 4.89. The lowest BCUT2D eigenvalue weighted by molar-refractivity contribution is 0.0837. The Morgan fingerprint density at radius 2 is 1.58 bits per heavy atom. The standard InChI is InChI=1S/C17H27IO/c1-14(9-15(2)11-18)10-16(3)12-19-13-17-7-5-4-6-8-17/h4-8,14-16H,9-13H2,1-3H3/t14-,15+,16-/m0/s1. The lowest BCUT2D eigenvalue weighted by Gasteiger charge is -2.19. The minimum absolute atomic E-state index is 0.653. The van der Waals surface area contributed by atoms with E-state index in [0.29, 0.717) is 5.92 Å². The Morgan fingerprint density at radius 3 is 2.21 bits per heavy atom. The zero-order valence-corrected chi connectivity index (χ0v) is 14.6. The van der Waals surface area contributed by atoms with Crippen LogP contribution in [0.25, 0.3) is 0 Å². The third kappa shape index (κ3) is 7.93. The highest BCUT2D eigenvalue weighted by molar-refractivity contribution is 14.1. The molecule has 0 aromatic heterocycles. The van der Waals surface area contributed by atoms with E-state index in [2.05, 4.69) is 67.6 Å². The van der Waals surface area contributed by atoms with E-state index in [9.17, 15) is 0 Å². The second-order valence-corrected chi connectivity index (χ2v) is 6.82. The summed E-state index contributed by atoms with van der Waals surface area (Å²) < 4.78 is 7.08. The molecule has 1 aromatic carbocycles. The van der Waals surface area contributed by atoms with Gasteiger partial charge in [0, 0.05) is 11.0 Å². The van der Waals surface area contributed by atoms with Crippen LogP contribution >= 0.6 is 22.6 Å². The van der Waals surface area contributed by atoms with Crippen molar-refractivity contribution in [3.05, 3.63) is 35.9 Å². The van der Waals surface area contributed by atoms with Crippen molar-refractivity contribution in [3.8, 4) is 0 Å². The van der Waals surface area contributed by atoms with Gasteiger partial charge in [0.25, 0.3) is 0 Å². The first-order chi connectivity index (χ1) is 9.11. The van der Waals surface area contributed by atoms with Gasteiger partial charge in [-0.05, 0) is 36.2 Å². The van der Waals surface area contributed by atoms with Crippen molar-refractivity contribution in [1.29, 1.82) is 0 Å². The van der Waals surface area contributed by atoms with Gasteiger partial charge >= 0.3 is 0 Å². The van der Waals surface area contributed by atoms with Crippen LogP contribution in [0, 0.1) is 17.8 Å². The van der Waals surface area contributed by atoms with E-state index < -0.39 is 0 Å². The maximum absolute atomic E-state index is 5.81. The molecule has 0 heterocycles. The zero-order chi connectivity index (χ0) is 14.1.